The third-order valence-electron chi connectivity index (χ3n) is 7.44. The zero-order chi connectivity index (χ0) is 27.0. The first-order valence-electron chi connectivity index (χ1n) is 12.6. The lowest BCUT2D eigenvalue weighted by molar-refractivity contribution is -0.117. The average Bonchev–Trinajstić information content (AvgIpc) is 3.70. The third kappa shape index (κ3) is 5.76. The van der Waals surface area contributed by atoms with E-state index in [2.05, 4.69) is 5.32 Å². The number of rotatable bonds is 6. The minimum absolute atomic E-state index is 0.0190. The number of anilines is 1. The van der Waals surface area contributed by atoms with Gasteiger partial charge >= 0.3 is 0 Å². The second-order valence-corrected chi connectivity index (χ2v) is 12.5. The van der Waals surface area contributed by atoms with Crippen LogP contribution in [-0.2, 0) is 14.6 Å². The van der Waals surface area contributed by atoms with E-state index in [4.69, 9.17) is 11.6 Å². The van der Waals surface area contributed by atoms with E-state index >= 15 is 0 Å². The molecule has 0 bridgehead atoms. The molecular formula is C29H28ClFN2O4S. The van der Waals surface area contributed by atoms with Gasteiger partial charge in [-0.25, -0.2) is 12.8 Å². The average molecular weight is 555 g/mol. The van der Waals surface area contributed by atoms with Gasteiger partial charge in [-0.05, 0) is 84.7 Å². The fourth-order valence-electron chi connectivity index (χ4n) is 5.17. The molecule has 2 atom stereocenters. The SMILES string of the molecule is CS(=O)(=O)c1ccc(C(=O)N2CCC(c3ccc(NC(=O)C4CC4c4ccc(Cl)cc4)cc3)CC2)cc1F. The van der Waals surface area contributed by atoms with E-state index in [9.17, 15) is 22.4 Å². The van der Waals surface area contributed by atoms with Crippen molar-refractivity contribution in [3.05, 3.63) is 94.3 Å². The van der Waals surface area contributed by atoms with Crippen LogP contribution in [0.15, 0.2) is 71.6 Å². The van der Waals surface area contributed by atoms with Crippen molar-refractivity contribution in [3.63, 3.8) is 0 Å². The minimum Gasteiger partial charge on any atom is -0.339 e. The van der Waals surface area contributed by atoms with Crippen LogP contribution in [0.3, 0.4) is 0 Å². The molecule has 1 N–H and O–H groups in total. The van der Waals surface area contributed by atoms with Gasteiger partial charge in [0, 0.05) is 41.5 Å². The summed E-state index contributed by atoms with van der Waals surface area (Å²) in [6.45, 7) is 1.04. The molecule has 2 amide bonds. The van der Waals surface area contributed by atoms with E-state index in [1.165, 1.54) is 6.07 Å². The topological polar surface area (TPSA) is 83.6 Å². The van der Waals surface area contributed by atoms with E-state index in [1.54, 1.807) is 4.90 Å². The number of piperidine rings is 1. The molecule has 1 heterocycles. The molecule has 198 valence electrons. The third-order valence-corrected chi connectivity index (χ3v) is 8.82. The zero-order valence-corrected chi connectivity index (χ0v) is 22.4. The molecule has 1 saturated heterocycles. The van der Waals surface area contributed by atoms with Crippen LogP contribution < -0.4 is 5.32 Å². The van der Waals surface area contributed by atoms with Crippen LogP contribution in [0.2, 0.25) is 5.02 Å². The Hall–Kier alpha value is -3.23. The summed E-state index contributed by atoms with van der Waals surface area (Å²) in [6, 6.07) is 19.0. The number of sulfone groups is 1. The molecule has 2 fully saturated rings. The van der Waals surface area contributed by atoms with Gasteiger partial charge in [0.05, 0.1) is 0 Å². The van der Waals surface area contributed by atoms with Gasteiger partial charge in [0.2, 0.25) is 5.91 Å². The largest absolute Gasteiger partial charge is 0.339 e. The Morgan fingerprint density at radius 1 is 0.947 bits per heavy atom. The molecule has 0 radical (unpaired) electrons. The van der Waals surface area contributed by atoms with Crippen molar-refractivity contribution in [2.45, 2.75) is 36.0 Å². The Morgan fingerprint density at radius 3 is 2.18 bits per heavy atom. The van der Waals surface area contributed by atoms with Gasteiger partial charge in [-0.2, -0.15) is 0 Å². The van der Waals surface area contributed by atoms with Crippen molar-refractivity contribution in [1.29, 1.82) is 0 Å². The van der Waals surface area contributed by atoms with E-state index in [-0.39, 0.29) is 35.1 Å². The van der Waals surface area contributed by atoms with Gasteiger partial charge in [0.1, 0.15) is 10.7 Å². The van der Waals surface area contributed by atoms with E-state index in [1.807, 2.05) is 48.5 Å². The van der Waals surface area contributed by atoms with Crippen molar-refractivity contribution in [2.75, 3.05) is 24.7 Å². The highest BCUT2D eigenvalue weighted by molar-refractivity contribution is 7.90. The number of amides is 2. The van der Waals surface area contributed by atoms with Gasteiger partial charge in [-0.15, -0.1) is 0 Å². The summed E-state index contributed by atoms with van der Waals surface area (Å²) in [5.74, 6) is -0.737. The summed E-state index contributed by atoms with van der Waals surface area (Å²) >= 11 is 5.95. The maximum absolute atomic E-state index is 14.2. The molecular weight excluding hydrogens is 527 g/mol. The van der Waals surface area contributed by atoms with Gasteiger partial charge < -0.3 is 10.2 Å². The minimum atomic E-state index is -3.69. The van der Waals surface area contributed by atoms with E-state index in [0.29, 0.717) is 18.1 Å². The van der Waals surface area contributed by atoms with Crippen molar-refractivity contribution < 1.29 is 22.4 Å². The second kappa shape index (κ2) is 10.5. The molecule has 2 unspecified atom stereocenters. The van der Waals surface area contributed by atoms with Gasteiger partial charge in [-0.3, -0.25) is 9.59 Å². The van der Waals surface area contributed by atoms with Crippen molar-refractivity contribution in [1.82, 2.24) is 4.90 Å². The smallest absolute Gasteiger partial charge is 0.253 e. The Bertz CT molecular complexity index is 1470. The lowest BCUT2D eigenvalue weighted by Crippen LogP contribution is -2.38. The van der Waals surface area contributed by atoms with Crippen LogP contribution in [0.4, 0.5) is 10.1 Å². The summed E-state index contributed by atoms with van der Waals surface area (Å²) in [6.07, 6.45) is 3.28. The van der Waals surface area contributed by atoms with Crippen LogP contribution in [0.25, 0.3) is 0 Å². The fraction of sp³-hybridized carbons (Fsp3) is 0.310. The molecule has 9 heteroatoms. The number of carbonyl (C=O) groups is 2. The zero-order valence-electron chi connectivity index (χ0n) is 20.9. The molecule has 0 spiro atoms. The highest BCUT2D eigenvalue weighted by atomic mass is 35.5. The number of carbonyl (C=O) groups excluding carboxylic acids is 2. The Balaban J connectivity index is 1.13. The molecule has 1 aliphatic carbocycles. The highest BCUT2D eigenvalue weighted by Crippen LogP contribution is 2.48. The molecule has 6 nitrogen and oxygen atoms in total. The molecule has 3 aromatic carbocycles. The van der Waals surface area contributed by atoms with E-state index in [0.717, 1.165) is 54.5 Å². The summed E-state index contributed by atoms with van der Waals surface area (Å²) in [4.78, 5) is 26.8. The molecule has 5 rings (SSSR count). The van der Waals surface area contributed by atoms with Crippen LogP contribution in [0.1, 0.15) is 52.6 Å². The van der Waals surface area contributed by atoms with Gasteiger partial charge in [-0.1, -0.05) is 35.9 Å². The Labute approximate surface area is 226 Å². The first kappa shape index (κ1) is 26.4. The van der Waals surface area contributed by atoms with Crippen molar-refractivity contribution in [3.8, 4) is 0 Å². The molecule has 3 aromatic rings. The summed E-state index contributed by atoms with van der Waals surface area (Å²) in [5, 5.41) is 3.70. The number of halogens is 2. The van der Waals surface area contributed by atoms with E-state index < -0.39 is 20.5 Å². The number of nitrogens with one attached hydrogen (secondary N) is 1. The number of hydrogen-bond donors (Lipinski definition) is 1. The van der Waals surface area contributed by atoms with Crippen LogP contribution in [-0.4, -0.2) is 44.5 Å². The fourth-order valence-corrected chi connectivity index (χ4v) is 6.02. The standard InChI is InChI=1S/C29H28ClFN2O4S/c1-38(36,37)27-11-6-21(16-26(27)31)29(35)33-14-12-19(13-15-33)18-4-9-23(10-5-18)32-28(34)25-17-24(25)20-2-7-22(30)8-3-20/h2-11,16,19,24-25H,12-15,17H2,1H3,(H,32,34). The monoisotopic (exact) mass is 554 g/mol. The van der Waals surface area contributed by atoms with Gasteiger partial charge in [0.25, 0.3) is 5.91 Å². The molecule has 0 aromatic heterocycles. The number of hydrogen-bond acceptors (Lipinski definition) is 4. The van der Waals surface area contributed by atoms with Crippen LogP contribution in [0, 0.1) is 11.7 Å². The Kier molecular flexibility index (Phi) is 7.29. The number of benzene rings is 3. The molecule has 38 heavy (non-hydrogen) atoms. The summed E-state index contributed by atoms with van der Waals surface area (Å²) in [5.41, 5.74) is 3.17. The lowest BCUT2D eigenvalue weighted by Gasteiger charge is -2.32. The Morgan fingerprint density at radius 2 is 1.58 bits per heavy atom. The molecule has 1 aliphatic heterocycles. The predicted molar refractivity (Wildman–Crippen MR) is 145 cm³/mol. The van der Waals surface area contributed by atoms with Crippen molar-refractivity contribution in [2.24, 2.45) is 5.92 Å². The highest BCUT2D eigenvalue weighted by Gasteiger charge is 2.43. The summed E-state index contributed by atoms with van der Waals surface area (Å²) in [7, 11) is -3.69. The van der Waals surface area contributed by atoms with Crippen molar-refractivity contribution >= 4 is 38.9 Å². The number of likely N-dealkylation sites (tertiary alicyclic amines) is 1. The first-order chi connectivity index (χ1) is 18.1. The second-order valence-electron chi connectivity index (χ2n) is 10.1. The quantitative estimate of drug-likeness (QED) is 0.427. The molecule has 1 saturated carbocycles. The normalized spacial score (nSPS) is 19.7. The predicted octanol–water partition coefficient (Wildman–Crippen LogP) is 5.64. The van der Waals surface area contributed by atoms with Crippen LogP contribution >= 0.6 is 11.6 Å². The first-order valence-corrected chi connectivity index (χ1v) is 14.8. The van der Waals surface area contributed by atoms with Gasteiger partial charge in [0.15, 0.2) is 9.84 Å². The van der Waals surface area contributed by atoms with Crippen LogP contribution in [0.5, 0.6) is 0 Å². The molecule has 2 aliphatic rings. The summed E-state index contributed by atoms with van der Waals surface area (Å²) < 4.78 is 37.5. The maximum Gasteiger partial charge on any atom is 0.253 e. The maximum atomic E-state index is 14.2. The number of nitrogens with zero attached hydrogens (tertiary/aromatic N) is 1. The lowest BCUT2D eigenvalue weighted by atomic mass is 9.89.